The number of fused-ring (bicyclic) bond motifs is 1. The van der Waals surface area contributed by atoms with E-state index >= 15 is 0 Å². The molecule has 1 fully saturated rings. The zero-order valence-electron chi connectivity index (χ0n) is 17.3. The molecule has 156 valence electrons. The molecule has 2 unspecified atom stereocenters. The number of hydrogen-bond acceptors (Lipinski definition) is 3. The fraction of sp³-hybridized carbons (Fsp3) is 0.360. The first-order chi connectivity index (χ1) is 14.6. The molecule has 0 spiro atoms. The van der Waals surface area contributed by atoms with Gasteiger partial charge in [0.2, 0.25) is 5.91 Å². The van der Waals surface area contributed by atoms with Crippen molar-refractivity contribution in [2.24, 2.45) is 5.92 Å². The van der Waals surface area contributed by atoms with Crippen molar-refractivity contribution < 1.29 is 14.3 Å². The fourth-order valence-corrected chi connectivity index (χ4v) is 4.04. The third-order valence-corrected chi connectivity index (χ3v) is 5.77. The number of nitrogens with zero attached hydrogens (tertiary/aromatic N) is 1. The van der Waals surface area contributed by atoms with E-state index in [9.17, 15) is 9.59 Å². The maximum atomic E-state index is 13.0. The van der Waals surface area contributed by atoms with Crippen LogP contribution in [0.25, 0.3) is 0 Å². The average Bonchev–Trinajstić information content (AvgIpc) is 3.62. The Bertz CT molecular complexity index is 937. The first-order valence-electron chi connectivity index (χ1n) is 10.6. The van der Waals surface area contributed by atoms with Crippen LogP contribution in [0.5, 0.6) is 5.75 Å². The quantitative estimate of drug-likeness (QED) is 0.717. The Hall–Kier alpha value is -3.08. The maximum absolute atomic E-state index is 13.0. The predicted octanol–water partition coefficient (Wildman–Crippen LogP) is 3.64. The maximum Gasteiger partial charge on any atom is 0.261 e. The summed E-state index contributed by atoms with van der Waals surface area (Å²) in [5.41, 5.74) is 3.40. The second kappa shape index (κ2) is 8.74. The minimum absolute atomic E-state index is 0.128. The molecule has 5 nitrogen and oxygen atoms in total. The van der Waals surface area contributed by atoms with Crippen LogP contribution in [-0.4, -0.2) is 35.9 Å². The molecule has 1 N–H and O–H groups in total. The van der Waals surface area contributed by atoms with Crippen molar-refractivity contribution in [2.75, 3.05) is 13.1 Å². The molecule has 1 heterocycles. The molecule has 4 rings (SSSR count). The van der Waals surface area contributed by atoms with Crippen LogP contribution in [-0.2, 0) is 16.0 Å². The number of carbonyl (C=O) groups is 2. The lowest BCUT2D eigenvalue weighted by atomic mass is 9.87. The fourth-order valence-electron chi connectivity index (χ4n) is 4.04. The largest absolute Gasteiger partial charge is 0.481 e. The highest BCUT2D eigenvalue weighted by molar-refractivity contribution is 5.82. The van der Waals surface area contributed by atoms with Gasteiger partial charge in [-0.25, -0.2) is 0 Å². The van der Waals surface area contributed by atoms with E-state index in [1.807, 2.05) is 35.2 Å². The zero-order chi connectivity index (χ0) is 21.1. The number of rotatable bonds is 7. The first kappa shape index (κ1) is 20.2. The highest BCUT2D eigenvalue weighted by Gasteiger charge is 2.39. The van der Waals surface area contributed by atoms with Gasteiger partial charge in [0.15, 0.2) is 6.10 Å². The van der Waals surface area contributed by atoms with Gasteiger partial charge in [0.1, 0.15) is 5.75 Å². The van der Waals surface area contributed by atoms with E-state index in [2.05, 4.69) is 30.1 Å². The summed E-state index contributed by atoms with van der Waals surface area (Å²) in [5, 5.41) is 2.76. The van der Waals surface area contributed by atoms with Crippen LogP contribution >= 0.6 is 0 Å². The molecular formula is C25H28N2O3. The van der Waals surface area contributed by atoms with Gasteiger partial charge < -0.3 is 15.0 Å². The lowest BCUT2D eigenvalue weighted by Gasteiger charge is -2.38. The van der Waals surface area contributed by atoms with Crippen LogP contribution in [0, 0.1) is 5.92 Å². The minimum Gasteiger partial charge on any atom is -0.481 e. The lowest BCUT2D eigenvalue weighted by molar-refractivity contribution is -0.134. The molecule has 1 aliphatic carbocycles. The van der Waals surface area contributed by atoms with E-state index in [-0.39, 0.29) is 23.8 Å². The Morgan fingerprint density at radius 1 is 1.23 bits per heavy atom. The Morgan fingerprint density at radius 3 is 2.70 bits per heavy atom. The van der Waals surface area contributed by atoms with E-state index < -0.39 is 6.10 Å². The van der Waals surface area contributed by atoms with E-state index in [4.69, 9.17) is 4.74 Å². The Kier molecular flexibility index (Phi) is 5.88. The number of ether oxygens (including phenoxy) is 1. The highest BCUT2D eigenvalue weighted by atomic mass is 16.5. The van der Waals surface area contributed by atoms with Gasteiger partial charge in [0, 0.05) is 19.0 Å². The van der Waals surface area contributed by atoms with E-state index in [0.717, 1.165) is 36.9 Å². The Balaban J connectivity index is 1.64. The highest BCUT2D eigenvalue weighted by Crippen LogP contribution is 2.41. The molecule has 2 amide bonds. The number of carbonyl (C=O) groups excluding carboxylic acids is 2. The molecule has 0 radical (unpaired) electrons. The SMILES string of the molecule is C=CCNC(=O)C(C)Oc1ccc2c(c1)C(c1ccccc1)N(C(=O)C1CC1)CC2. The van der Waals surface area contributed by atoms with Gasteiger partial charge in [-0.2, -0.15) is 0 Å². The third kappa shape index (κ3) is 4.25. The van der Waals surface area contributed by atoms with Gasteiger partial charge in [-0.05, 0) is 55.0 Å². The van der Waals surface area contributed by atoms with Crippen molar-refractivity contribution in [3.8, 4) is 5.75 Å². The molecule has 0 bridgehead atoms. The van der Waals surface area contributed by atoms with Gasteiger partial charge in [0.05, 0.1) is 6.04 Å². The molecule has 1 saturated carbocycles. The molecule has 2 aromatic rings. The number of hydrogen-bond donors (Lipinski definition) is 1. The monoisotopic (exact) mass is 404 g/mol. The van der Waals surface area contributed by atoms with Crippen molar-refractivity contribution in [1.82, 2.24) is 10.2 Å². The number of nitrogens with one attached hydrogen (secondary N) is 1. The Labute approximate surface area is 177 Å². The van der Waals surface area contributed by atoms with Crippen LogP contribution in [0.3, 0.4) is 0 Å². The summed E-state index contributed by atoms with van der Waals surface area (Å²) in [6, 6.07) is 16.0. The summed E-state index contributed by atoms with van der Waals surface area (Å²) in [4.78, 5) is 27.2. The van der Waals surface area contributed by atoms with Gasteiger partial charge in [-0.15, -0.1) is 6.58 Å². The molecule has 2 atom stereocenters. The third-order valence-electron chi connectivity index (χ3n) is 5.77. The molecule has 0 saturated heterocycles. The predicted molar refractivity (Wildman–Crippen MR) is 116 cm³/mol. The summed E-state index contributed by atoms with van der Waals surface area (Å²) < 4.78 is 5.93. The van der Waals surface area contributed by atoms with Gasteiger partial charge in [0.25, 0.3) is 5.91 Å². The topological polar surface area (TPSA) is 58.6 Å². The smallest absolute Gasteiger partial charge is 0.261 e. The van der Waals surface area contributed by atoms with Crippen molar-refractivity contribution >= 4 is 11.8 Å². The molecule has 2 aromatic carbocycles. The summed E-state index contributed by atoms with van der Waals surface area (Å²) in [6.45, 7) is 6.48. The lowest BCUT2D eigenvalue weighted by Crippen LogP contribution is -2.41. The van der Waals surface area contributed by atoms with E-state index in [1.165, 1.54) is 5.56 Å². The van der Waals surface area contributed by atoms with Gasteiger partial charge in [-0.1, -0.05) is 42.5 Å². The normalized spacial score (nSPS) is 18.8. The average molecular weight is 405 g/mol. The second-order valence-electron chi connectivity index (χ2n) is 8.02. The van der Waals surface area contributed by atoms with Crippen molar-refractivity contribution in [2.45, 2.75) is 38.3 Å². The molecule has 2 aliphatic rings. The van der Waals surface area contributed by atoms with Crippen molar-refractivity contribution in [1.29, 1.82) is 0 Å². The molecule has 30 heavy (non-hydrogen) atoms. The van der Waals surface area contributed by atoms with E-state index in [1.54, 1.807) is 13.0 Å². The summed E-state index contributed by atoms with van der Waals surface area (Å²) >= 11 is 0. The Morgan fingerprint density at radius 2 is 2.00 bits per heavy atom. The molecular weight excluding hydrogens is 376 g/mol. The van der Waals surface area contributed by atoms with E-state index in [0.29, 0.717) is 12.3 Å². The van der Waals surface area contributed by atoms with Crippen molar-refractivity contribution in [3.05, 3.63) is 77.9 Å². The minimum atomic E-state index is -0.619. The van der Waals surface area contributed by atoms with Gasteiger partial charge in [-0.3, -0.25) is 9.59 Å². The van der Waals surface area contributed by atoms with Crippen LogP contribution < -0.4 is 10.1 Å². The van der Waals surface area contributed by atoms with Crippen LogP contribution in [0.2, 0.25) is 0 Å². The van der Waals surface area contributed by atoms with Crippen molar-refractivity contribution in [3.63, 3.8) is 0 Å². The van der Waals surface area contributed by atoms with Crippen LogP contribution in [0.15, 0.2) is 61.2 Å². The van der Waals surface area contributed by atoms with Crippen LogP contribution in [0.4, 0.5) is 0 Å². The standard InChI is InChI=1S/C25H28N2O3/c1-3-14-26-24(28)17(2)30-21-12-11-18-13-15-27(25(29)20-9-10-20)23(22(18)16-21)19-7-5-4-6-8-19/h3-8,11-12,16-17,20,23H,1,9-10,13-15H2,2H3,(H,26,28). The second-order valence-corrected chi connectivity index (χ2v) is 8.02. The zero-order valence-corrected chi connectivity index (χ0v) is 17.3. The molecule has 5 heteroatoms. The van der Waals surface area contributed by atoms with Crippen LogP contribution in [0.1, 0.15) is 42.5 Å². The number of amides is 2. The van der Waals surface area contributed by atoms with Gasteiger partial charge >= 0.3 is 0 Å². The number of benzene rings is 2. The molecule has 0 aromatic heterocycles. The molecule has 1 aliphatic heterocycles. The summed E-state index contributed by atoms with van der Waals surface area (Å²) in [5.74, 6) is 0.873. The summed E-state index contributed by atoms with van der Waals surface area (Å²) in [7, 11) is 0. The first-order valence-corrected chi connectivity index (χ1v) is 10.6. The summed E-state index contributed by atoms with van der Waals surface area (Å²) in [6.07, 6.45) is 3.83.